The molecule has 0 bridgehead atoms. The summed E-state index contributed by atoms with van der Waals surface area (Å²) in [6.07, 6.45) is 4.21. The molecule has 0 saturated heterocycles. The Kier molecular flexibility index (Phi) is 5.15. The lowest BCUT2D eigenvalue weighted by molar-refractivity contribution is -0.690. The second-order valence-electron chi connectivity index (χ2n) is 7.16. The van der Waals surface area contributed by atoms with E-state index in [0.717, 1.165) is 19.4 Å². The summed E-state index contributed by atoms with van der Waals surface area (Å²) in [4.78, 5) is 12.7. The molecule has 0 unspecified atom stereocenters. The maximum atomic E-state index is 12.7. The van der Waals surface area contributed by atoms with E-state index in [9.17, 15) is 4.79 Å². The van der Waals surface area contributed by atoms with Crippen LogP contribution in [0.2, 0.25) is 0 Å². The van der Waals surface area contributed by atoms with E-state index in [1.807, 2.05) is 31.2 Å². The van der Waals surface area contributed by atoms with Gasteiger partial charge in [0.1, 0.15) is 11.9 Å². The number of nitrogens with one attached hydrogen (secondary N) is 1. The quantitative estimate of drug-likeness (QED) is 0.666. The summed E-state index contributed by atoms with van der Waals surface area (Å²) in [6, 6.07) is 16.1. The second kappa shape index (κ2) is 7.89. The van der Waals surface area contributed by atoms with Gasteiger partial charge in [0.25, 0.3) is 11.7 Å². The summed E-state index contributed by atoms with van der Waals surface area (Å²) in [5.74, 6) is 1.86. The molecule has 0 radical (unpaired) electrons. The average Bonchev–Trinajstić information content (AvgIpc) is 3.28. The predicted molar refractivity (Wildman–Crippen MR) is 109 cm³/mol. The summed E-state index contributed by atoms with van der Waals surface area (Å²) in [5, 5.41) is 3.00. The molecule has 1 aliphatic rings. The molecule has 0 saturated carbocycles. The van der Waals surface area contributed by atoms with Gasteiger partial charge in [0.05, 0.1) is 25.3 Å². The second-order valence-corrected chi connectivity index (χ2v) is 7.16. The summed E-state index contributed by atoms with van der Waals surface area (Å²) in [7, 11) is 0. The number of carbonyl (C=O) groups is 1. The van der Waals surface area contributed by atoms with Crippen molar-refractivity contribution in [1.29, 1.82) is 0 Å². The van der Waals surface area contributed by atoms with Gasteiger partial charge in [-0.2, -0.15) is 0 Å². The van der Waals surface area contributed by atoms with E-state index in [2.05, 4.69) is 51.8 Å². The molecule has 1 aliphatic heterocycles. The van der Waals surface area contributed by atoms with Gasteiger partial charge in [0.15, 0.2) is 12.2 Å². The Bertz CT molecular complexity index is 990. The fourth-order valence-corrected chi connectivity index (χ4v) is 3.80. The van der Waals surface area contributed by atoms with Crippen molar-refractivity contribution in [3.8, 4) is 17.0 Å². The van der Waals surface area contributed by atoms with Gasteiger partial charge in [-0.05, 0) is 32.4 Å². The first-order valence-electron chi connectivity index (χ1n) is 9.86. The van der Waals surface area contributed by atoms with Crippen LogP contribution >= 0.6 is 0 Å². The largest absolute Gasteiger partial charge is 0.492 e. The van der Waals surface area contributed by atoms with Gasteiger partial charge >= 0.3 is 0 Å². The monoisotopic (exact) mass is 376 g/mol. The van der Waals surface area contributed by atoms with Crippen LogP contribution < -0.4 is 14.6 Å². The third-order valence-electron chi connectivity index (χ3n) is 5.12. The van der Waals surface area contributed by atoms with Gasteiger partial charge in [-0.15, -0.1) is 0 Å². The van der Waals surface area contributed by atoms with E-state index in [0.29, 0.717) is 24.6 Å². The normalized spacial score (nSPS) is 12.6. The molecule has 5 nitrogen and oxygen atoms in total. The number of anilines is 1. The van der Waals surface area contributed by atoms with Gasteiger partial charge in [0, 0.05) is 5.56 Å². The number of fused-ring (bicyclic) bond motifs is 1. The number of rotatable bonds is 6. The van der Waals surface area contributed by atoms with Gasteiger partial charge in [0.2, 0.25) is 0 Å². The molecule has 0 spiro atoms. The van der Waals surface area contributed by atoms with Crippen LogP contribution in [0.1, 0.15) is 24.7 Å². The maximum Gasteiger partial charge on any atom is 0.266 e. The molecule has 1 N–H and O–H groups in total. The van der Waals surface area contributed by atoms with Gasteiger partial charge in [-0.3, -0.25) is 4.79 Å². The van der Waals surface area contributed by atoms with Crippen molar-refractivity contribution < 1.29 is 14.1 Å². The maximum absolute atomic E-state index is 12.7. The van der Waals surface area contributed by atoms with E-state index < -0.39 is 0 Å². The highest BCUT2D eigenvalue weighted by Gasteiger charge is 2.29. The Balaban J connectivity index is 1.56. The number of amides is 1. The number of imidazole rings is 1. The summed E-state index contributed by atoms with van der Waals surface area (Å²) >= 11 is 0. The topological polar surface area (TPSA) is 47.1 Å². The van der Waals surface area contributed by atoms with Gasteiger partial charge in [-0.25, -0.2) is 9.13 Å². The Morgan fingerprint density at radius 1 is 1.18 bits per heavy atom. The van der Waals surface area contributed by atoms with Gasteiger partial charge in [-0.1, -0.05) is 42.0 Å². The molecule has 0 atom stereocenters. The number of hydrogen-bond acceptors (Lipinski definition) is 2. The van der Waals surface area contributed by atoms with Crippen molar-refractivity contribution in [2.45, 2.75) is 39.8 Å². The van der Waals surface area contributed by atoms with Crippen LogP contribution in [-0.2, 0) is 24.3 Å². The molecule has 0 fully saturated rings. The molecule has 3 aromatic rings. The van der Waals surface area contributed by atoms with Crippen LogP contribution in [0.3, 0.4) is 0 Å². The Morgan fingerprint density at radius 3 is 2.75 bits per heavy atom. The fraction of sp³-hybridized carbons (Fsp3) is 0.304. The lowest BCUT2D eigenvalue weighted by Gasteiger charge is -2.10. The standard InChI is InChI=1S/C23H25N3O2/c1-3-28-21-8-5-4-7-19(21)24-22(27)16-25-15-20(26-14-6-9-23(25)26)18-12-10-17(2)11-13-18/h4-5,7-8,10-13,15H,3,6,9,14,16H2,1-2H3/p+1. The van der Waals surface area contributed by atoms with Crippen LogP contribution in [0, 0.1) is 6.92 Å². The number of ether oxygens (including phenoxy) is 1. The van der Waals surface area contributed by atoms with Crippen molar-refractivity contribution in [3.05, 3.63) is 66.1 Å². The van der Waals surface area contributed by atoms with E-state index in [1.165, 1.54) is 22.6 Å². The third-order valence-corrected chi connectivity index (χ3v) is 5.12. The zero-order valence-electron chi connectivity index (χ0n) is 16.4. The minimum Gasteiger partial charge on any atom is -0.492 e. The first kappa shape index (κ1) is 18.3. The van der Waals surface area contributed by atoms with Crippen LogP contribution in [-0.4, -0.2) is 17.1 Å². The molecule has 2 aromatic carbocycles. The highest BCUT2D eigenvalue weighted by molar-refractivity contribution is 5.91. The molecule has 4 rings (SSSR count). The Morgan fingerprint density at radius 2 is 1.96 bits per heavy atom. The first-order chi connectivity index (χ1) is 13.7. The van der Waals surface area contributed by atoms with Crippen LogP contribution in [0.5, 0.6) is 5.75 Å². The van der Waals surface area contributed by atoms with Crippen molar-refractivity contribution in [2.75, 3.05) is 11.9 Å². The number of para-hydroxylation sites is 2. The Hall–Kier alpha value is -3.08. The average molecular weight is 376 g/mol. The van der Waals surface area contributed by atoms with Gasteiger partial charge < -0.3 is 10.1 Å². The molecule has 1 amide bonds. The number of nitrogens with zero attached hydrogens (tertiary/aromatic N) is 2. The molecule has 1 aromatic heterocycles. The van der Waals surface area contributed by atoms with Crippen LogP contribution in [0.25, 0.3) is 11.3 Å². The summed E-state index contributed by atoms with van der Waals surface area (Å²) in [6.45, 7) is 5.89. The van der Waals surface area contributed by atoms with E-state index in [-0.39, 0.29) is 5.91 Å². The lowest BCUT2D eigenvalue weighted by Crippen LogP contribution is -2.42. The number of aryl methyl sites for hydroxylation is 1. The van der Waals surface area contributed by atoms with Crippen molar-refractivity contribution in [3.63, 3.8) is 0 Å². The third kappa shape index (κ3) is 3.65. The van der Waals surface area contributed by atoms with Crippen molar-refractivity contribution >= 4 is 11.6 Å². The lowest BCUT2D eigenvalue weighted by atomic mass is 10.1. The molecule has 144 valence electrons. The zero-order valence-corrected chi connectivity index (χ0v) is 16.4. The molecular formula is C23H26N3O2+. The van der Waals surface area contributed by atoms with Crippen molar-refractivity contribution in [2.24, 2.45) is 0 Å². The minimum atomic E-state index is -0.0482. The number of carbonyl (C=O) groups excluding carboxylic acids is 1. The SMILES string of the molecule is CCOc1ccccc1NC(=O)C[n+]1cc(-c2ccc(C)cc2)n2c1CCC2. The summed E-state index contributed by atoms with van der Waals surface area (Å²) < 4.78 is 10.0. The smallest absolute Gasteiger partial charge is 0.266 e. The Labute approximate surface area is 165 Å². The molecule has 0 aliphatic carbocycles. The number of benzene rings is 2. The van der Waals surface area contributed by atoms with E-state index in [4.69, 9.17) is 4.74 Å². The van der Waals surface area contributed by atoms with Crippen molar-refractivity contribution in [1.82, 2.24) is 4.57 Å². The zero-order chi connectivity index (χ0) is 19.5. The minimum absolute atomic E-state index is 0.0482. The molecule has 2 heterocycles. The number of aromatic nitrogens is 2. The fourth-order valence-electron chi connectivity index (χ4n) is 3.80. The first-order valence-corrected chi connectivity index (χ1v) is 9.86. The number of hydrogen-bond donors (Lipinski definition) is 1. The van der Waals surface area contributed by atoms with Crippen LogP contribution in [0.4, 0.5) is 5.69 Å². The molecule has 28 heavy (non-hydrogen) atoms. The van der Waals surface area contributed by atoms with E-state index >= 15 is 0 Å². The van der Waals surface area contributed by atoms with Crippen LogP contribution in [0.15, 0.2) is 54.7 Å². The highest BCUT2D eigenvalue weighted by Crippen LogP contribution is 2.26. The molecular weight excluding hydrogens is 350 g/mol. The highest BCUT2D eigenvalue weighted by atomic mass is 16.5. The van der Waals surface area contributed by atoms with E-state index in [1.54, 1.807) is 0 Å². The molecule has 5 heteroatoms. The predicted octanol–water partition coefficient (Wildman–Crippen LogP) is 3.73. The summed E-state index contributed by atoms with van der Waals surface area (Å²) in [5.41, 5.74) is 4.33.